The zero-order valence-corrected chi connectivity index (χ0v) is 16.0. The molecule has 2 aromatic carbocycles. The van der Waals surface area contributed by atoms with E-state index >= 15 is 0 Å². The smallest absolute Gasteiger partial charge is 0.331 e. The molecule has 0 fully saturated rings. The molecule has 0 amide bonds. The van der Waals surface area contributed by atoms with Gasteiger partial charge in [-0.1, -0.05) is 82.3 Å². The van der Waals surface area contributed by atoms with Gasteiger partial charge in [0.1, 0.15) is 0 Å². The molecule has 0 saturated heterocycles. The Bertz CT molecular complexity index is 730. The summed E-state index contributed by atoms with van der Waals surface area (Å²) >= 11 is 0. The zero-order chi connectivity index (χ0) is 18.8. The molecule has 0 unspecified atom stereocenters. The van der Waals surface area contributed by atoms with E-state index in [1.807, 2.05) is 60.7 Å². The average molecular weight is 386 g/mol. The monoisotopic (exact) mass is 386 g/mol. The van der Waals surface area contributed by atoms with E-state index in [0.717, 1.165) is 20.9 Å². The van der Waals surface area contributed by atoms with Gasteiger partial charge in [0.25, 0.3) is 0 Å². The van der Waals surface area contributed by atoms with E-state index in [-0.39, 0.29) is 0 Å². The fourth-order valence-electron chi connectivity index (χ4n) is 1.94. The van der Waals surface area contributed by atoms with Crippen LogP contribution in [0.5, 0.6) is 0 Å². The number of carbonyl (C=O) groups is 2. The van der Waals surface area contributed by atoms with Crippen LogP contribution in [-0.4, -0.2) is 26.2 Å². The molecule has 2 aromatic rings. The number of hydrogen-bond acceptors (Lipinski definition) is 6. The number of hydrogen-bond donors (Lipinski definition) is 0. The summed E-state index contributed by atoms with van der Waals surface area (Å²) in [6.07, 6.45) is 2.88. The first-order valence-corrected chi connectivity index (χ1v) is 9.83. The van der Waals surface area contributed by atoms with Crippen molar-refractivity contribution < 1.29 is 19.1 Å². The van der Waals surface area contributed by atoms with Gasteiger partial charge in [-0.15, -0.1) is 0 Å². The number of rotatable bonds is 7. The average Bonchev–Trinajstić information content (AvgIpc) is 2.70. The van der Waals surface area contributed by atoms with Gasteiger partial charge in [0.05, 0.1) is 14.2 Å². The van der Waals surface area contributed by atoms with E-state index in [4.69, 9.17) is 9.47 Å². The van der Waals surface area contributed by atoms with Gasteiger partial charge in [-0.05, 0) is 11.1 Å². The van der Waals surface area contributed by atoms with Crippen LogP contribution in [0.15, 0.2) is 72.8 Å². The van der Waals surface area contributed by atoms with E-state index in [1.54, 1.807) is 0 Å². The van der Waals surface area contributed by atoms with Gasteiger partial charge in [0, 0.05) is 22.0 Å². The van der Waals surface area contributed by atoms with Crippen molar-refractivity contribution in [3.8, 4) is 0 Å². The van der Waals surface area contributed by atoms with E-state index in [0.29, 0.717) is 0 Å². The highest BCUT2D eigenvalue weighted by atomic mass is 33.1. The van der Waals surface area contributed by atoms with E-state index in [9.17, 15) is 9.59 Å². The summed E-state index contributed by atoms with van der Waals surface area (Å²) in [7, 11) is 5.43. The van der Waals surface area contributed by atoms with Gasteiger partial charge in [0.15, 0.2) is 0 Å². The third-order valence-corrected chi connectivity index (χ3v) is 5.72. The number of esters is 2. The number of ether oxygens (including phenoxy) is 2. The van der Waals surface area contributed by atoms with Crippen LogP contribution in [0, 0.1) is 0 Å². The maximum atomic E-state index is 11.7. The summed E-state index contributed by atoms with van der Waals surface area (Å²) in [6, 6.07) is 19.0. The van der Waals surface area contributed by atoms with Crippen molar-refractivity contribution in [2.45, 2.75) is 0 Å². The molecule has 4 nitrogen and oxygen atoms in total. The maximum Gasteiger partial charge on any atom is 0.331 e. The molecule has 26 heavy (non-hydrogen) atoms. The molecule has 2 rings (SSSR count). The molecule has 0 N–H and O–H groups in total. The van der Waals surface area contributed by atoms with Gasteiger partial charge in [-0.3, -0.25) is 0 Å². The maximum absolute atomic E-state index is 11.7. The van der Waals surface area contributed by atoms with Crippen LogP contribution >= 0.6 is 21.6 Å². The lowest BCUT2D eigenvalue weighted by atomic mass is 10.2. The highest BCUT2D eigenvalue weighted by molar-refractivity contribution is 8.83. The molecule has 0 aliphatic heterocycles. The topological polar surface area (TPSA) is 52.6 Å². The van der Waals surface area contributed by atoms with Crippen molar-refractivity contribution in [2.75, 3.05) is 14.2 Å². The Morgan fingerprint density at radius 1 is 0.692 bits per heavy atom. The molecule has 0 spiro atoms. The van der Waals surface area contributed by atoms with Crippen LogP contribution in [0.2, 0.25) is 0 Å². The Morgan fingerprint density at radius 3 is 1.35 bits per heavy atom. The number of benzene rings is 2. The molecule has 0 atom stereocenters. The Hall–Kier alpha value is -2.44. The molecule has 0 heterocycles. The second-order valence-electron chi connectivity index (χ2n) is 4.96. The molecule has 134 valence electrons. The van der Waals surface area contributed by atoms with Gasteiger partial charge < -0.3 is 9.47 Å². The second-order valence-corrected chi connectivity index (χ2v) is 7.18. The summed E-state index contributed by atoms with van der Waals surface area (Å²) in [5.41, 5.74) is 1.78. The molecular formula is C20H18O4S2. The van der Waals surface area contributed by atoms with Crippen molar-refractivity contribution in [3.05, 3.63) is 83.9 Å². The van der Waals surface area contributed by atoms with Crippen molar-refractivity contribution in [3.63, 3.8) is 0 Å². The van der Waals surface area contributed by atoms with E-state index < -0.39 is 11.9 Å². The summed E-state index contributed by atoms with van der Waals surface area (Å²) in [4.78, 5) is 24.9. The Labute approximate surface area is 160 Å². The summed E-state index contributed by atoms with van der Waals surface area (Å²) in [6.45, 7) is 0. The second kappa shape index (κ2) is 10.5. The number of methoxy groups -OCH3 is 2. The first-order chi connectivity index (χ1) is 12.6. The SMILES string of the molecule is COC(=O)/C=C(\SS/C(=C\C(=O)OC)c1ccccc1)c1ccccc1. The van der Waals surface area contributed by atoms with Crippen LogP contribution in [-0.2, 0) is 19.1 Å². The summed E-state index contributed by atoms with van der Waals surface area (Å²) in [5, 5.41) is 0. The van der Waals surface area contributed by atoms with Crippen LogP contribution < -0.4 is 0 Å². The molecule has 0 aliphatic rings. The lowest BCUT2D eigenvalue weighted by molar-refractivity contribution is -0.135. The predicted molar refractivity (Wildman–Crippen MR) is 108 cm³/mol. The molecule has 6 heteroatoms. The predicted octanol–water partition coefficient (Wildman–Crippen LogP) is 4.80. The van der Waals surface area contributed by atoms with Crippen molar-refractivity contribution in [1.82, 2.24) is 0 Å². The highest BCUT2D eigenvalue weighted by Crippen LogP contribution is 2.45. The van der Waals surface area contributed by atoms with Gasteiger partial charge in [0.2, 0.25) is 0 Å². The van der Waals surface area contributed by atoms with Gasteiger partial charge in [-0.25, -0.2) is 9.59 Å². The highest BCUT2D eigenvalue weighted by Gasteiger charge is 2.11. The van der Waals surface area contributed by atoms with Crippen molar-refractivity contribution in [2.24, 2.45) is 0 Å². The summed E-state index contributed by atoms with van der Waals surface area (Å²) in [5.74, 6) is -0.870. The van der Waals surface area contributed by atoms with Crippen LogP contribution in [0.4, 0.5) is 0 Å². The normalized spacial score (nSPS) is 11.8. The quantitative estimate of drug-likeness (QED) is 0.387. The zero-order valence-electron chi connectivity index (χ0n) is 14.4. The fourth-order valence-corrected chi connectivity index (χ4v) is 4.28. The van der Waals surface area contributed by atoms with Crippen molar-refractivity contribution in [1.29, 1.82) is 0 Å². The minimum atomic E-state index is -0.435. The largest absolute Gasteiger partial charge is 0.466 e. The standard InChI is InChI=1S/C20H18O4S2/c1-23-19(21)13-17(15-9-5-3-6-10-15)25-26-18(14-20(22)24-2)16-11-7-4-8-12-16/h3-14H,1-2H3/b17-13-,18-14-. The van der Waals surface area contributed by atoms with Crippen LogP contribution in [0.3, 0.4) is 0 Å². The van der Waals surface area contributed by atoms with Gasteiger partial charge >= 0.3 is 11.9 Å². The number of carbonyl (C=O) groups excluding carboxylic acids is 2. The van der Waals surface area contributed by atoms with Crippen LogP contribution in [0.25, 0.3) is 9.81 Å². The Morgan fingerprint density at radius 2 is 1.04 bits per heavy atom. The fraction of sp³-hybridized carbons (Fsp3) is 0.100. The minimum Gasteiger partial charge on any atom is -0.466 e. The van der Waals surface area contributed by atoms with E-state index in [1.165, 1.54) is 48.0 Å². The minimum absolute atomic E-state index is 0.435. The molecular weight excluding hydrogens is 368 g/mol. The molecule has 0 aromatic heterocycles. The first kappa shape index (κ1) is 19.9. The molecule has 0 radical (unpaired) electrons. The molecule has 0 aliphatic carbocycles. The molecule has 0 saturated carbocycles. The summed E-state index contributed by atoms with van der Waals surface area (Å²) < 4.78 is 9.50. The first-order valence-electron chi connectivity index (χ1n) is 7.68. The van der Waals surface area contributed by atoms with Crippen LogP contribution in [0.1, 0.15) is 11.1 Å². The van der Waals surface area contributed by atoms with Crippen molar-refractivity contribution >= 4 is 43.3 Å². The van der Waals surface area contributed by atoms with E-state index in [2.05, 4.69) is 0 Å². The van der Waals surface area contributed by atoms with Gasteiger partial charge in [-0.2, -0.15) is 0 Å². The third kappa shape index (κ3) is 6.13. The third-order valence-electron chi connectivity index (χ3n) is 3.24. The Balaban J connectivity index is 2.29. The lowest BCUT2D eigenvalue weighted by Gasteiger charge is -2.10. The lowest BCUT2D eigenvalue weighted by Crippen LogP contribution is -1.96. The molecule has 0 bridgehead atoms. The Kier molecular flexibility index (Phi) is 8.05.